The van der Waals surface area contributed by atoms with Crippen LogP contribution in [-0.2, 0) is 5.54 Å². The van der Waals surface area contributed by atoms with E-state index in [0.717, 1.165) is 5.01 Å². The van der Waals surface area contributed by atoms with Crippen molar-refractivity contribution in [2.45, 2.75) is 19.4 Å². The first kappa shape index (κ1) is 14.9. The number of halogens is 2. The van der Waals surface area contributed by atoms with E-state index in [1.165, 1.54) is 23.5 Å². The number of carboxylic acids is 1. The third-order valence-corrected chi connectivity index (χ3v) is 4.60. The summed E-state index contributed by atoms with van der Waals surface area (Å²) in [5.41, 5.74) is -0.443. The molecule has 20 heavy (non-hydrogen) atoms. The number of nitrogens with one attached hydrogen (secondary N) is 1. The van der Waals surface area contributed by atoms with Gasteiger partial charge < -0.3 is 10.4 Å². The number of carboxylic acid groups (broad SMARTS) is 1. The van der Waals surface area contributed by atoms with Crippen LogP contribution in [0, 0.1) is 5.82 Å². The van der Waals surface area contributed by atoms with Gasteiger partial charge in [0.2, 0.25) is 0 Å². The van der Waals surface area contributed by atoms with Crippen molar-refractivity contribution in [1.29, 1.82) is 0 Å². The molecule has 0 spiro atoms. The van der Waals surface area contributed by atoms with Gasteiger partial charge in [0.15, 0.2) is 5.82 Å². The van der Waals surface area contributed by atoms with E-state index in [-0.39, 0.29) is 15.7 Å². The number of rotatable bonds is 4. The summed E-state index contributed by atoms with van der Waals surface area (Å²) in [5.74, 6) is -1.81. The molecule has 0 fully saturated rings. The fourth-order valence-corrected chi connectivity index (χ4v) is 2.97. The molecule has 0 aliphatic rings. The number of aromatic carboxylic acids is 1. The highest BCUT2D eigenvalue weighted by Gasteiger charge is 2.25. The van der Waals surface area contributed by atoms with Crippen LogP contribution in [0.15, 0.2) is 28.2 Å². The summed E-state index contributed by atoms with van der Waals surface area (Å²) in [6, 6.07) is 2.77. The summed E-state index contributed by atoms with van der Waals surface area (Å²) < 4.78 is 14.1. The molecular weight excluding hydrogens is 347 g/mol. The third-order valence-electron chi connectivity index (χ3n) is 2.73. The van der Waals surface area contributed by atoms with Crippen molar-refractivity contribution >= 4 is 38.9 Å². The molecule has 2 aromatic rings. The lowest BCUT2D eigenvalue weighted by Crippen LogP contribution is -2.28. The minimum Gasteiger partial charge on any atom is -0.478 e. The van der Waals surface area contributed by atoms with E-state index >= 15 is 0 Å². The van der Waals surface area contributed by atoms with Gasteiger partial charge in [-0.2, -0.15) is 0 Å². The lowest BCUT2D eigenvalue weighted by Gasteiger charge is -2.25. The van der Waals surface area contributed by atoms with Gasteiger partial charge >= 0.3 is 5.97 Å². The molecule has 106 valence electrons. The first-order valence-electron chi connectivity index (χ1n) is 5.72. The smallest absolute Gasteiger partial charge is 0.336 e. The van der Waals surface area contributed by atoms with Crippen LogP contribution in [0.5, 0.6) is 0 Å². The summed E-state index contributed by atoms with van der Waals surface area (Å²) in [4.78, 5) is 15.1. The zero-order chi connectivity index (χ0) is 14.9. The summed E-state index contributed by atoms with van der Waals surface area (Å²) >= 11 is 4.44. The number of thiazole rings is 1. The molecule has 0 saturated carbocycles. The molecule has 0 atom stereocenters. The summed E-state index contributed by atoms with van der Waals surface area (Å²) in [6.07, 6.45) is 1.68. The Labute approximate surface area is 127 Å². The van der Waals surface area contributed by atoms with Crippen LogP contribution in [-0.4, -0.2) is 16.1 Å². The van der Waals surface area contributed by atoms with E-state index in [0.29, 0.717) is 0 Å². The maximum absolute atomic E-state index is 14.2. The first-order chi connectivity index (χ1) is 9.33. The van der Waals surface area contributed by atoms with E-state index in [4.69, 9.17) is 5.11 Å². The van der Waals surface area contributed by atoms with Crippen LogP contribution in [0.2, 0.25) is 0 Å². The number of hydrogen-bond donors (Lipinski definition) is 2. The van der Waals surface area contributed by atoms with Crippen LogP contribution < -0.4 is 5.32 Å². The lowest BCUT2D eigenvalue weighted by atomic mass is 10.1. The second kappa shape index (κ2) is 5.49. The molecule has 0 aliphatic heterocycles. The SMILES string of the molecule is CC(C)(Nc1ccc(C(=O)O)c(Br)c1F)c1nccs1. The molecular formula is C13H12BrFN2O2S. The van der Waals surface area contributed by atoms with Gasteiger partial charge in [0.05, 0.1) is 21.3 Å². The highest BCUT2D eigenvalue weighted by molar-refractivity contribution is 9.10. The molecule has 0 saturated heterocycles. The van der Waals surface area contributed by atoms with Crippen molar-refractivity contribution in [1.82, 2.24) is 4.98 Å². The van der Waals surface area contributed by atoms with Gasteiger partial charge in [-0.1, -0.05) is 0 Å². The molecule has 0 aliphatic carbocycles. The van der Waals surface area contributed by atoms with Crippen molar-refractivity contribution in [2.24, 2.45) is 0 Å². The monoisotopic (exact) mass is 358 g/mol. The molecule has 1 aromatic carbocycles. The average molecular weight is 359 g/mol. The predicted octanol–water partition coefficient (Wildman–Crippen LogP) is 4.09. The third kappa shape index (κ3) is 2.83. The first-order valence-corrected chi connectivity index (χ1v) is 7.39. The molecule has 1 heterocycles. The maximum Gasteiger partial charge on any atom is 0.336 e. The highest BCUT2D eigenvalue weighted by Crippen LogP contribution is 2.32. The summed E-state index contributed by atoms with van der Waals surface area (Å²) in [6.45, 7) is 3.76. The lowest BCUT2D eigenvalue weighted by molar-refractivity contribution is 0.0695. The average Bonchev–Trinajstić information content (AvgIpc) is 2.89. The quantitative estimate of drug-likeness (QED) is 0.863. The molecule has 4 nitrogen and oxygen atoms in total. The number of aromatic nitrogens is 1. The second-order valence-corrected chi connectivity index (χ2v) is 6.37. The number of nitrogens with zero attached hydrogens (tertiary/aromatic N) is 1. The predicted molar refractivity (Wildman–Crippen MR) is 79.8 cm³/mol. The van der Waals surface area contributed by atoms with E-state index in [1.54, 1.807) is 6.20 Å². The van der Waals surface area contributed by atoms with Gasteiger partial charge in [-0.25, -0.2) is 14.2 Å². The summed E-state index contributed by atoms with van der Waals surface area (Å²) in [5, 5.41) is 14.6. The van der Waals surface area contributed by atoms with Crippen LogP contribution in [0.1, 0.15) is 29.2 Å². The Morgan fingerprint density at radius 3 is 2.75 bits per heavy atom. The molecule has 0 unspecified atom stereocenters. The van der Waals surface area contributed by atoms with Gasteiger partial charge in [0, 0.05) is 11.6 Å². The maximum atomic E-state index is 14.2. The Morgan fingerprint density at radius 2 is 2.20 bits per heavy atom. The Balaban J connectivity index is 2.36. The van der Waals surface area contributed by atoms with Gasteiger partial charge in [-0.05, 0) is 41.9 Å². The Kier molecular flexibility index (Phi) is 4.10. The standard InChI is InChI=1S/C13H12BrFN2O2S/c1-13(2,12-16-5-6-20-12)17-8-4-3-7(11(18)19)9(14)10(8)15/h3-6,17H,1-2H3,(H,18,19). The van der Waals surface area contributed by atoms with Crippen LogP contribution >= 0.6 is 27.3 Å². The van der Waals surface area contributed by atoms with Gasteiger partial charge in [0.1, 0.15) is 5.01 Å². The van der Waals surface area contributed by atoms with E-state index in [1.807, 2.05) is 19.2 Å². The van der Waals surface area contributed by atoms with Crippen molar-refractivity contribution in [2.75, 3.05) is 5.32 Å². The number of benzene rings is 1. The largest absolute Gasteiger partial charge is 0.478 e. The number of anilines is 1. The van der Waals surface area contributed by atoms with Crippen molar-refractivity contribution in [3.63, 3.8) is 0 Å². The van der Waals surface area contributed by atoms with E-state index in [2.05, 4.69) is 26.2 Å². The minimum absolute atomic E-state index is 0.0649. The van der Waals surface area contributed by atoms with Crippen LogP contribution in [0.4, 0.5) is 10.1 Å². The van der Waals surface area contributed by atoms with Crippen LogP contribution in [0.3, 0.4) is 0 Å². The summed E-state index contributed by atoms with van der Waals surface area (Å²) in [7, 11) is 0. The normalized spacial score (nSPS) is 11.4. The highest BCUT2D eigenvalue weighted by atomic mass is 79.9. The van der Waals surface area contributed by atoms with E-state index in [9.17, 15) is 9.18 Å². The number of hydrogen-bond acceptors (Lipinski definition) is 4. The van der Waals surface area contributed by atoms with Crippen molar-refractivity contribution in [3.05, 3.63) is 44.6 Å². The molecule has 0 amide bonds. The zero-order valence-corrected chi connectivity index (χ0v) is 13.2. The topological polar surface area (TPSA) is 62.2 Å². The Morgan fingerprint density at radius 1 is 1.50 bits per heavy atom. The van der Waals surface area contributed by atoms with Crippen molar-refractivity contribution in [3.8, 4) is 0 Å². The molecule has 1 aromatic heterocycles. The van der Waals surface area contributed by atoms with Gasteiger partial charge in [0.25, 0.3) is 0 Å². The fraction of sp³-hybridized carbons (Fsp3) is 0.231. The minimum atomic E-state index is -1.18. The van der Waals surface area contributed by atoms with E-state index < -0.39 is 17.3 Å². The van der Waals surface area contributed by atoms with Gasteiger partial charge in [-0.15, -0.1) is 11.3 Å². The molecule has 2 N–H and O–H groups in total. The molecule has 2 rings (SSSR count). The van der Waals surface area contributed by atoms with Gasteiger partial charge in [-0.3, -0.25) is 0 Å². The zero-order valence-electron chi connectivity index (χ0n) is 10.8. The fourth-order valence-electron chi connectivity index (χ4n) is 1.73. The Hall–Kier alpha value is -1.47. The number of carbonyl (C=O) groups is 1. The second-order valence-electron chi connectivity index (χ2n) is 4.68. The molecule has 0 radical (unpaired) electrons. The Bertz CT molecular complexity index is 644. The molecule has 0 bridgehead atoms. The van der Waals surface area contributed by atoms with Crippen molar-refractivity contribution < 1.29 is 14.3 Å². The van der Waals surface area contributed by atoms with Crippen LogP contribution in [0.25, 0.3) is 0 Å². The molecule has 7 heteroatoms.